The van der Waals surface area contributed by atoms with Gasteiger partial charge in [-0.05, 0) is 42.3 Å². The summed E-state index contributed by atoms with van der Waals surface area (Å²) in [6.45, 7) is 3.27. The van der Waals surface area contributed by atoms with Crippen molar-refractivity contribution in [2.45, 2.75) is 19.9 Å². The predicted molar refractivity (Wildman–Crippen MR) is 81.0 cm³/mol. The van der Waals surface area contributed by atoms with Gasteiger partial charge >= 0.3 is 0 Å². The van der Waals surface area contributed by atoms with Gasteiger partial charge < -0.3 is 10.1 Å². The van der Waals surface area contributed by atoms with Crippen LogP contribution in [-0.4, -0.2) is 6.61 Å². The van der Waals surface area contributed by atoms with E-state index in [2.05, 4.69) is 12.2 Å². The summed E-state index contributed by atoms with van der Waals surface area (Å²) in [7, 11) is 0. The minimum Gasteiger partial charge on any atom is -0.494 e. The smallest absolute Gasteiger partial charge is 0.125 e. The second kappa shape index (κ2) is 7.15. The summed E-state index contributed by atoms with van der Waals surface area (Å²) in [5.74, 6) is 0.503. The van der Waals surface area contributed by atoms with E-state index >= 15 is 0 Å². The van der Waals surface area contributed by atoms with E-state index < -0.39 is 0 Å². The van der Waals surface area contributed by atoms with E-state index in [1.54, 1.807) is 6.07 Å². The normalized spacial score (nSPS) is 10.3. The molecule has 0 saturated heterocycles. The summed E-state index contributed by atoms with van der Waals surface area (Å²) in [4.78, 5) is 0. The third-order valence-electron chi connectivity index (χ3n) is 2.73. The summed E-state index contributed by atoms with van der Waals surface area (Å²) < 4.78 is 18.8. The third kappa shape index (κ3) is 4.42. The first kappa shape index (κ1) is 14.7. The third-order valence-corrected chi connectivity index (χ3v) is 2.94. The summed E-state index contributed by atoms with van der Waals surface area (Å²) in [5, 5.41) is 3.63. The first-order valence-corrected chi connectivity index (χ1v) is 6.97. The monoisotopic (exact) mass is 293 g/mol. The first-order chi connectivity index (χ1) is 9.67. The molecule has 0 atom stereocenters. The van der Waals surface area contributed by atoms with Gasteiger partial charge in [-0.15, -0.1) is 0 Å². The quantitative estimate of drug-likeness (QED) is 0.819. The number of rotatable bonds is 6. The highest BCUT2D eigenvalue weighted by atomic mass is 35.5. The molecule has 0 radical (unpaired) electrons. The van der Waals surface area contributed by atoms with Crippen LogP contribution in [-0.2, 0) is 6.54 Å². The highest BCUT2D eigenvalue weighted by Crippen LogP contribution is 2.19. The van der Waals surface area contributed by atoms with Crippen molar-refractivity contribution < 1.29 is 9.13 Å². The number of anilines is 1. The van der Waals surface area contributed by atoms with Crippen molar-refractivity contribution in [2.75, 3.05) is 11.9 Å². The van der Waals surface area contributed by atoms with Crippen LogP contribution < -0.4 is 10.1 Å². The van der Waals surface area contributed by atoms with E-state index in [4.69, 9.17) is 16.3 Å². The van der Waals surface area contributed by atoms with Crippen molar-refractivity contribution in [2.24, 2.45) is 0 Å². The molecule has 0 fully saturated rings. The Balaban J connectivity index is 1.99. The molecule has 0 aliphatic rings. The van der Waals surface area contributed by atoms with Gasteiger partial charge in [0.15, 0.2) is 0 Å². The zero-order valence-electron chi connectivity index (χ0n) is 11.3. The fourth-order valence-electron chi connectivity index (χ4n) is 1.83. The van der Waals surface area contributed by atoms with Crippen molar-refractivity contribution in [1.82, 2.24) is 0 Å². The van der Waals surface area contributed by atoms with E-state index in [9.17, 15) is 4.39 Å². The lowest BCUT2D eigenvalue weighted by atomic mass is 10.2. The van der Waals surface area contributed by atoms with Crippen LogP contribution in [0.3, 0.4) is 0 Å². The van der Waals surface area contributed by atoms with E-state index in [-0.39, 0.29) is 5.82 Å². The second-order valence-electron chi connectivity index (χ2n) is 4.51. The van der Waals surface area contributed by atoms with Gasteiger partial charge in [0, 0.05) is 23.3 Å². The Morgan fingerprint density at radius 2 is 2.05 bits per heavy atom. The van der Waals surface area contributed by atoms with Gasteiger partial charge in [0.05, 0.1) is 6.61 Å². The van der Waals surface area contributed by atoms with E-state index in [0.29, 0.717) is 18.2 Å². The van der Waals surface area contributed by atoms with Crippen molar-refractivity contribution in [3.63, 3.8) is 0 Å². The molecule has 0 aliphatic carbocycles. The molecule has 0 saturated carbocycles. The number of halogens is 2. The highest BCUT2D eigenvalue weighted by Gasteiger charge is 2.01. The molecule has 0 spiro atoms. The molecular weight excluding hydrogens is 277 g/mol. The van der Waals surface area contributed by atoms with Crippen LogP contribution in [0.25, 0.3) is 0 Å². The number of hydrogen-bond donors (Lipinski definition) is 1. The summed E-state index contributed by atoms with van der Waals surface area (Å²) in [6.07, 6.45) is 0.972. The van der Waals surface area contributed by atoms with Crippen molar-refractivity contribution in [3.8, 4) is 5.75 Å². The van der Waals surface area contributed by atoms with Crippen LogP contribution >= 0.6 is 11.6 Å². The molecule has 2 aromatic carbocycles. The summed E-state index contributed by atoms with van der Waals surface area (Å²) in [5.41, 5.74) is 1.73. The molecule has 20 heavy (non-hydrogen) atoms. The maximum atomic E-state index is 13.2. The van der Waals surface area contributed by atoms with E-state index in [0.717, 1.165) is 23.4 Å². The first-order valence-electron chi connectivity index (χ1n) is 6.59. The molecular formula is C16H17ClFNO. The topological polar surface area (TPSA) is 21.3 Å². The second-order valence-corrected chi connectivity index (χ2v) is 4.94. The molecule has 106 valence electrons. The van der Waals surface area contributed by atoms with Crippen molar-refractivity contribution in [3.05, 3.63) is 58.9 Å². The number of ether oxygens (including phenoxy) is 1. The van der Waals surface area contributed by atoms with Gasteiger partial charge in [-0.2, -0.15) is 0 Å². The fraction of sp³-hybridized carbons (Fsp3) is 0.250. The fourth-order valence-corrected chi connectivity index (χ4v) is 2.08. The Labute approximate surface area is 123 Å². The predicted octanol–water partition coefficient (Wildman–Crippen LogP) is 4.88. The summed E-state index contributed by atoms with van der Waals surface area (Å²) in [6, 6.07) is 12.2. The van der Waals surface area contributed by atoms with Crippen LogP contribution in [0.2, 0.25) is 5.02 Å². The van der Waals surface area contributed by atoms with E-state index in [1.165, 1.54) is 12.1 Å². The molecule has 0 aromatic heterocycles. The van der Waals surface area contributed by atoms with Gasteiger partial charge in [-0.1, -0.05) is 24.6 Å². The average Bonchev–Trinajstić information content (AvgIpc) is 2.42. The molecule has 2 nitrogen and oxygen atoms in total. The van der Waals surface area contributed by atoms with Gasteiger partial charge in [0.1, 0.15) is 11.6 Å². The maximum Gasteiger partial charge on any atom is 0.125 e. The molecule has 0 amide bonds. The van der Waals surface area contributed by atoms with Crippen LogP contribution in [0.15, 0.2) is 42.5 Å². The Kier molecular flexibility index (Phi) is 5.24. The number of benzene rings is 2. The van der Waals surface area contributed by atoms with Crippen LogP contribution in [0, 0.1) is 5.82 Å². The van der Waals surface area contributed by atoms with Gasteiger partial charge in [0.2, 0.25) is 0 Å². The van der Waals surface area contributed by atoms with Crippen LogP contribution in [0.1, 0.15) is 18.9 Å². The molecule has 2 rings (SSSR count). The van der Waals surface area contributed by atoms with Crippen molar-refractivity contribution in [1.29, 1.82) is 0 Å². The van der Waals surface area contributed by atoms with Gasteiger partial charge in [-0.25, -0.2) is 4.39 Å². The van der Waals surface area contributed by atoms with Gasteiger partial charge in [-0.3, -0.25) is 0 Å². The Hall–Kier alpha value is -1.74. The Morgan fingerprint density at radius 1 is 1.20 bits per heavy atom. The highest BCUT2D eigenvalue weighted by molar-refractivity contribution is 6.30. The largest absolute Gasteiger partial charge is 0.494 e. The number of nitrogens with one attached hydrogen (secondary N) is 1. The Bertz CT molecular complexity index is 554. The molecule has 0 aliphatic heterocycles. The number of hydrogen-bond acceptors (Lipinski definition) is 2. The molecule has 0 unspecified atom stereocenters. The molecule has 4 heteroatoms. The van der Waals surface area contributed by atoms with Gasteiger partial charge in [0.25, 0.3) is 0 Å². The standard InChI is InChI=1S/C16H17ClFNO/c1-2-6-20-16-5-3-4-15(10-16)19-11-12-7-13(17)9-14(18)8-12/h3-5,7-10,19H,2,6,11H2,1H3. The molecule has 2 aromatic rings. The zero-order chi connectivity index (χ0) is 14.4. The lowest BCUT2D eigenvalue weighted by Gasteiger charge is -2.10. The minimum absolute atomic E-state index is 0.325. The zero-order valence-corrected chi connectivity index (χ0v) is 12.1. The summed E-state index contributed by atoms with van der Waals surface area (Å²) >= 11 is 5.83. The van der Waals surface area contributed by atoms with Crippen LogP contribution in [0.4, 0.5) is 10.1 Å². The Morgan fingerprint density at radius 3 is 2.80 bits per heavy atom. The SMILES string of the molecule is CCCOc1cccc(NCc2cc(F)cc(Cl)c2)c1. The lowest BCUT2D eigenvalue weighted by Crippen LogP contribution is -2.01. The van der Waals surface area contributed by atoms with E-state index in [1.807, 2.05) is 24.3 Å². The minimum atomic E-state index is -0.325. The van der Waals surface area contributed by atoms with Crippen LogP contribution in [0.5, 0.6) is 5.75 Å². The van der Waals surface area contributed by atoms with Crippen molar-refractivity contribution >= 4 is 17.3 Å². The molecule has 1 N–H and O–H groups in total. The molecule has 0 heterocycles. The lowest BCUT2D eigenvalue weighted by molar-refractivity contribution is 0.317. The molecule has 0 bridgehead atoms. The maximum absolute atomic E-state index is 13.2. The average molecular weight is 294 g/mol.